The van der Waals surface area contributed by atoms with E-state index in [4.69, 9.17) is 5.11 Å². The molecule has 3 N–H and O–H groups in total. The zero-order chi connectivity index (χ0) is 13.7. The van der Waals surface area contributed by atoms with E-state index in [2.05, 4.69) is 20.6 Å². The number of nitrogens with zero attached hydrogens (tertiary/aromatic N) is 2. The molecule has 1 fully saturated rings. The van der Waals surface area contributed by atoms with Gasteiger partial charge in [-0.25, -0.2) is 14.8 Å². The van der Waals surface area contributed by atoms with Crippen molar-refractivity contribution in [2.45, 2.75) is 31.8 Å². The summed E-state index contributed by atoms with van der Waals surface area (Å²) in [5, 5.41) is 14.3. The summed E-state index contributed by atoms with van der Waals surface area (Å²) in [4.78, 5) is 30.2. The molecular weight excluding hydrogens is 248 g/mol. The van der Waals surface area contributed by atoms with Gasteiger partial charge in [-0.2, -0.15) is 0 Å². The van der Waals surface area contributed by atoms with Crippen LogP contribution in [0.25, 0.3) is 0 Å². The number of amides is 2. The monoisotopic (exact) mass is 264 g/mol. The second-order valence-corrected chi connectivity index (χ2v) is 4.57. The predicted octanol–water partition coefficient (Wildman–Crippen LogP) is 0.529. The van der Waals surface area contributed by atoms with Gasteiger partial charge in [0, 0.05) is 12.2 Å². The van der Waals surface area contributed by atoms with Crippen molar-refractivity contribution < 1.29 is 14.7 Å². The minimum Gasteiger partial charge on any atom is -0.481 e. The largest absolute Gasteiger partial charge is 0.481 e. The molecule has 0 aliphatic heterocycles. The third kappa shape index (κ3) is 3.90. The van der Waals surface area contributed by atoms with Gasteiger partial charge in [0.15, 0.2) is 0 Å². The molecule has 7 nitrogen and oxygen atoms in total. The number of aliphatic carboxylic acids is 1. The standard InChI is InChI=1S/C12H16N4O3/c17-11(18)8-1-2-9(5-8)16-12(19)14-6-10-3-4-13-7-15-10/h3-4,7-9H,1-2,5-6H2,(H,17,18)(H2,14,16,19)/t8-,9+/m1/s1. The fourth-order valence-corrected chi connectivity index (χ4v) is 2.17. The lowest BCUT2D eigenvalue weighted by molar-refractivity contribution is -0.141. The van der Waals surface area contributed by atoms with Gasteiger partial charge < -0.3 is 15.7 Å². The normalized spacial score (nSPS) is 21.9. The van der Waals surface area contributed by atoms with Crippen molar-refractivity contribution in [3.63, 3.8) is 0 Å². The molecule has 2 rings (SSSR count). The van der Waals surface area contributed by atoms with E-state index in [0.29, 0.717) is 25.8 Å². The van der Waals surface area contributed by atoms with E-state index in [0.717, 1.165) is 5.69 Å². The van der Waals surface area contributed by atoms with Crippen molar-refractivity contribution in [3.8, 4) is 0 Å². The average molecular weight is 264 g/mol. The van der Waals surface area contributed by atoms with Crippen LogP contribution in [-0.4, -0.2) is 33.1 Å². The van der Waals surface area contributed by atoms with Crippen LogP contribution in [0.5, 0.6) is 0 Å². The molecule has 0 aromatic carbocycles. The van der Waals surface area contributed by atoms with Crippen LogP contribution in [0, 0.1) is 5.92 Å². The average Bonchev–Trinajstić information content (AvgIpc) is 2.86. The van der Waals surface area contributed by atoms with E-state index in [1.807, 2.05) is 0 Å². The number of nitrogens with one attached hydrogen (secondary N) is 2. The van der Waals surface area contributed by atoms with Crippen LogP contribution >= 0.6 is 0 Å². The quantitative estimate of drug-likeness (QED) is 0.735. The number of carbonyl (C=O) groups is 2. The molecule has 102 valence electrons. The highest BCUT2D eigenvalue weighted by molar-refractivity contribution is 5.75. The third-order valence-corrected chi connectivity index (χ3v) is 3.19. The van der Waals surface area contributed by atoms with Gasteiger partial charge in [0.25, 0.3) is 0 Å². The fraction of sp³-hybridized carbons (Fsp3) is 0.500. The SMILES string of the molecule is O=C(NCc1ccncn1)N[C@H]1CC[C@@H](C(=O)O)C1. The predicted molar refractivity (Wildman–Crippen MR) is 66.2 cm³/mol. The molecule has 0 bridgehead atoms. The van der Waals surface area contributed by atoms with Crippen molar-refractivity contribution in [2.24, 2.45) is 5.92 Å². The van der Waals surface area contributed by atoms with Gasteiger partial charge in [0.05, 0.1) is 18.2 Å². The molecule has 2 atom stereocenters. The van der Waals surface area contributed by atoms with E-state index in [-0.39, 0.29) is 18.0 Å². The Labute approximate surface area is 110 Å². The molecule has 7 heteroatoms. The molecule has 0 radical (unpaired) electrons. The highest BCUT2D eigenvalue weighted by atomic mass is 16.4. The lowest BCUT2D eigenvalue weighted by Gasteiger charge is -2.13. The Hall–Kier alpha value is -2.18. The molecule has 1 aromatic heterocycles. The smallest absolute Gasteiger partial charge is 0.315 e. The maximum atomic E-state index is 11.6. The molecule has 19 heavy (non-hydrogen) atoms. The highest BCUT2D eigenvalue weighted by Gasteiger charge is 2.30. The van der Waals surface area contributed by atoms with Crippen LogP contribution in [0.3, 0.4) is 0 Å². The van der Waals surface area contributed by atoms with Crippen LogP contribution in [0.4, 0.5) is 4.79 Å². The first-order valence-electron chi connectivity index (χ1n) is 6.17. The summed E-state index contributed by atoms with van der Waals surface area (Å²) < 4.78 is 0. The second kappa shape index (κ2) is 6.12. The van der Waals surface area contributed by atoms with Gasteiger partial charge in [-0.1, -0.05) is 0 Å². The Bertz CT molecular complexity index is 452. The van der Waals surface area contributed by atoms with E-state index in [1.54, 1.807) is 12.3 Å². The van der Waals surface area contributed by atoms with Gasteiger partial charge in [-0.15, -0.1) is 0 Å². The lowest BCUT2D eigenvalue weighted by atomic mass is 10.1. The number of rotatable bonds is 4. The van der Waals surface area contributed by atoms with Crippen LogP contribution in [0.1, 0.15) is 25.0 Å². The van der Waals surface area contributed by atoms with Crippen molar-refractivity contribution >= 4 is 12.0 Å². The molecule has 1 aromatic rings. The summed E-state index contributed by atoms with van der Waals surface area (Å²) in [6.45, 7) is 0.323. The number of hydrogen-bond acceptors (Lipinski definition) is 4. The number of carboxylic acid groups (broad SMARTS) is 1. The third-order valence-electron chi connectivity index (χ3n) is 3.19. The highest BCUT2D eigenvalue weighted by Crippen LogP contribution is 2.25. The van der Waals surface area contributed by atoms with Crippen molar-refractivity contribution in [2.75, 3.05) is 0 Å². The number of urea groups is 1. The van der Waals surface area contributed by atoms with Gasteiger partial charge in [-0.05, 0) is 25.3 Å². The fourth-order valence-electron chi connectivity index (χ4n) is 2.17. The Morgan fingerprint density at radius 1 is 1.42 bits per heavy atom. The molecule has 1 saturated carbocycles. The van der Waals surface area contributed by atoms with Crippen LogP contribution in [0.2, 0.25) is 0 Å². The number of aromatic nitrogens is 2. The first-order valence-corrected chi connectivity index (χ1v) is 6.17. The molecule has 1 heterocycles. The molecule has 2 amide bonds. The zero-order valence-electron chi connectivity index (χ0n) is 10.4. The summed E-state index contributed by atoms with van der Waals surface area (Å²) in [6, 6.07) is 1.36. The maximum Gasteiger partial charge on any atom is 0.315 e. The summed E-state index contributed by atoms with van der Waals surface area (Å²) in [5.74, 6) is -1.13. The topological polar surface area (TPSA) is 104 Å². The molecule has 1 aliphatic rings. The molecule has 1 aliphatic carbocycles. The molecule has 0 saturated heterocycles. The van der Waals surface area contributed by atoms with Gasteiger partial charge in [0.2, 0.25) is 0 Å². The number of carboxylic acids is 1. The minimum absolute atomic E-state index is 0.0634. The van der Waals surface area contributed by atoms with Gasteiger partial charge in [0.1, 0.15) is 6.33 Å². The van der Waals surface area contributed by atoms with Crippen LogP contribution in [-0.2, 0) is 11.3 Å². The minimum atomic E-state index is -0.786. The van der Waals surface area contributed by atoms with Gasteiger partial charge >= 0.3 is 12.0 Å². The Morgan fingerprint density at radius 3 is 2.89 bits per heavy atom. The first kappa shape index (κ1) is 13.3. The summed E-state index contributed by atoms with van der Waals surface area (Å²) in [5.41, 5.74) is 0.722. The van der Waals surface area contributed by atoms with Crippen LogP contribution in [0.15, 0.2) is 18.6 Å². The lowest BCUT2D eigenvalue weighted by Crippen LogP contribution is -2.41. The summed E-state index contributed by atoms with van der Waals surface area (Å²) in [7, 11) is 0. The number of hydrogen-bond donors (Lipinski definition) is 3. The zero-order valence-corrected chi connectivity index (χ0v) is 10.4. The summed E-state index contributed by atoms with van der Waals surface area (Å²) >= 11 is 0. The summed E-state index contributed by atoms with van der Waals surface area (Å²) in [6.07, 6.45) is 4.85. The van der Waals surface area contributed by atoms with E-state index in [1.165, 1.54) is 6.33 Å². The van der Waals surface area contributed by atoms with Crippen molar-refractivity contribution in [1.29, 1.82) is 0 Å². The van der Waals surface area contributed by atoms with E-state index < -0.39 is 5.97 Å². The maximum absolute atomic E-state index is 11.6. The van der Waals surface area contributed by atoms with E-state index >= 15 is 0 Å². The Morgan fingerprint density at radius 2 is 2.26 bits per heavy atom. The molecule has 0 spiro atoms. The Balaban J connectivity index is 1.72. The Kier molecular flexibility index (Phi) is 4.27. The van der Waals surface area contributed by atoms with Gasteiger partial charge in [-0.3, -0.25) is 4.79 Å². The molecular formula is C12H16N4O3. The van der Waals surface area contributed by atoms with E-state index in [9.17, 15) is 9.59 Å². The first-order chi connectivity index (χ1) is 9.15. The molecule has 0 unspecified atom stereocenters. The van der Waals surface area contributed by atoms with Crippen molar-refractivity contribution in [1.82, 2.24) is 20.6 Å². The number of carbonyl (C=O) groups excluding carboxylic acids is 1. The van der Waals surface area contributed by atoms with Crippen LogP contribution < -0.4 is 10.6 Å². The van der Waals surface area contributed by atoms with Crippen molar-refractivity contribution in [3.05, 3.63) is 24.3 Å². The second-order valence-electron chi connectivity index (χ2n) is 4.57.